The molecule has 0 saturated heterocycles. The van der Waals surface area contributed by atoms with Crippen LogP contribution in [-0.4, -0.2) is 5.78 Å². The lowest BCUT2D eigenvalue weighted by Gasteiger charge is -2.18. The zero-order valence-electron chi connectivity index (χ0n) is 10.3. The molecule has 15 heavy (non-hydrogen) atoms. The summed E-state index contributed by atoms with van der Waals surface area (Å²) in [5.74, 6) is 0.979. The number of hydrogen-bond donors (Lipinski definition) is 0. The van der Waals surface area contributed by atoms with Gasteiger partial charge in [-0.15, -0.1) is 0 Å². The lowest BCUT2D eigenvalue weighted by atomic mass is 9.86. The standard InChI is InChI=1S/C14H26O/c1-2-3-7-12-14(15)13-10-8-5-4-6-9-11-13/h13H,2-12H2,1H3. The summed E-state index contributed by atoms with van der Waals surface area (Å²) >= 11 is 0. The van der Waals surface area contributed by atoms with E-state index >= 15 is 0 Å². The Balaban J connectivity index is 2.22. The van der Waals surface area contributed by atoms with Crippen LogP contribution in [0.5, 0.6) is 0 Å². The third kappa shape index (κ3) is 5.34. The van der Waals surface area contributed by atoms with E-state index in [4.69, 9.17) is 0 Å². The molecule has 1 rings (SSSR count). The molecule has 1 saturated carbocycles. The SMILES string of the molecule is CCCCCC(=O)C1CCCCCCC1. The van der Waals surface area contributed by atoms with Crippen LogP contribution >= 0.6 is 0 Å². The lowest BCUT2D eigenvalue weighted by molar-refractivity contribution is -0.123. The van der Waals surface area contributed by atoms with Crippen LogP contribution in [0.15, 0.2) is 0 Å². The van der Waals surface area contributed by atoms with Crippen molar-refractivity contribution in [1.82, 2.24) is 0 Å². The van der Waals surface area contributed by atoms with Crippen molar-refractivity contribution in [2.24, 2.45) is 5.92 Å². The molecule has 1 aliphatic rings. The summed E-state index contributed by atoms with van der Waals surface area (Å²) in [5.41, 5.74) is 0. The highest BCUT2D eigenvalue weighted by atomic mass is 16.1. The smallest absolute Gasteiger partial charge is 0.135 e. The Morgan fingerprint density at radius 3 is 2.20 bits per heavy atom. The average molecular weight is 210 g/mol. The zero-order chi connectivity index (χ0) is 10.9. The summed E-state index contributed by atoms with van der Waals surface area (Å²) < 4.78 is 0. The number of ketones is 1. The summed E-state index contributed by atoms with van der Waals surface area (Å²) in [6.45, 7) is 2.19. The van der Waals surface area contributed by atoms with Gasteiger partial charge in [-0.1, -0.05) is 51.9 Å². The molecule has 1 nitrogen and oxygen atoms in total. The molecule has 1 fully saturated rings. The Bertz CT molecular complexity index is 166. The van der Waals surface area contributed by atoms with Gasteiger partial charge in [-0.05, 0) is 19.3 Å². The fourth-order valence-corrected chi connectivity index (χ4v) is 2.53. The minimum Gasteiger partial charge on any atom is -0.299 e. The van der Waals surface area contributed by atoms with Gasteiger partial charge in [0.25, 0.3) is 0 Å². The maximum Gasteiger partial charge on any atom is 0.135 e. The first-order valence-electron chi connectivity index (χ1n) is 6.87. The van der Waals surface area contributed by atoms with Crippen LogP contribution in [0, 0.1) is 5.92 Å². The molecule has 0 aromatic carbocycles. The van der Waals surface area contributed by atoms with E-state index < -0.39 is 0 Å². The van der Waals surface area contributed by atoms with Crippen molar-refractivity contribution >= 4 is 5.78 Å². The van der Waals surface area contributed by atoms with Crippen LogP contribution in [0.25, 0.3) is 0 Å². The van der Waals surface area contributed by atoms with Gasteiger partial charge in [-0.25, -0.2) is 0 Å². The first kappa shape index (κ1) is 12.7. The number of rotatable bonds is 5. The number of carbonyl (C=O) groups is 1. The minimum atomic E-state index is 0.419. The highest BCUT2D eigenvalue weighted by Gasteiger charge is 2.18. The van der Waals surface area contributed by atoms with Crippen molar-refractivity contribution in [2.45, 2.75) is 77.6 Å². The zero-order valence-corrected chi connectivity index (χ0v) is 10.3. The van der Waals surface area contributed by atoms with Crippen LogP contribution in [0.1, 0.15) is 77.6 Å². The van der Waals surface area contributed by atoms with Crippen molar-refractivity contribution in [3.63, 3.8) is 0 Å². The fraction of sp³-hybridized carbons (Fsp3) is 0.929. The van der Waals surface area contributed by atoms with Gasteiger partial charge in [0.05, 0.1) is 0 Å². The van der Waals surface area contributed by atoms with Gasteiger partial charge in [-0.3, -0.25) is 4.79 Å². The molecule has 0 unspecified atom stereocenters. The molecule has 88 valence electrons. The van der Waals surface area contributed by atoms with Crippen molar-refractivity contribution < 1.29 is 4.79 Å². The van der Waals surface area contributed by atoms with E-state index in [1.165, 1.54) is 57.8 Å². The van der Waals surface area contributed by atoms with Gasteiger partial charge in [0, 0.05) is 12.3 Å². The summed E-state index contributed by atoms with van der Waals surface area (Å²) in [6, 6.07) is 0. The summed E-state index contributed by atoms with van der Waals surface area (Å²) in [6.07, 6.45) is 13.4. The maximum atomic E-state index is 11.9. The number of carbonyl (C=O) groups excluding carboxylic acids is 1. The van der Waals surface area contributed by atoms with Crippen LogP contribution in [0.3, 0.4) is 0 Å². The molecule has 1 heteroatoms. The monoisotopic (exact) mass is 210 g/mol. The van der Waals surface area contributed by atoms with Gasteiger partial charge in [0.2, 0.25) is 0 Å². The van der Waals surface area contributed by atoms with Crippen LogP contribution in [0.2, 0.25) is 0 Å². The molecule has 0 N–H and O–H groups in total. The largest absolute Gasteiger partial charge is 0.299 e. The molecule has 0 bridgehead atoms. The van der Waals surface area contributed by atoms with Crippen LogP contribution < -0.4 is 0 Å². The van der Waals surface area contributed by atoms with E-state index in [2.05, 4.69) is 6.92 Å². The number of unbranched alkanes of at least 4 members (excludes halogenated alkanes) is 2. The molecular formula is C14H26O. The third-order valence-corrected chi connectivity index (χ3v) is 3.59. The topological polar surface area (TPSA) is 17.1 Å². The second kappa shape index (κ2) is 7.90. The quantitative estimate of drug-likeness (QED) is 0.611. The highest BCUT2D eigenvalue weighted by molar-refractivity contribution is 5.80. The Morgan fingerprint density at radius 1 is 1.00 bits per heavy atom. The fourth-order valence-electron chi connectivity index (χ4n) is 2.53. The first-order valence-corrected chi connectivity index (χ1v) is 6.87. The van der Waals surface area contributed by atoms with Gasteiger partial charge in [-0.2, -0.15) is 0 Å². The molecule has 0 spiro atoms. The number of hydrogen-bond acceptors (Lipinski definition) is 1. The summed E-state index contributed by atoms with van der Waals surface area (Å²) in [4.78, 5) is 11.9. The van der Waals surface area contributed by atoms with Gasteiger partial charge in [0.1, 0.15) is 5.78 Å². The lowest BCUT2D eigenvalue weighted by Crippen LogP contribution is -2.15. The normalized spacial score (nSPS) is 19.5. The minimum absolute atomic E-state index is 0.419. The predicted molar refractivity (Wildman–Crippen MR) is 65.0 cm³/mol. The second-order valence-electron chi connectivity index (χ2n) is 4.97. The average Bonchev–Trinajstić information content (AvgIpc) is 2.17. The molecule has 0 amide bonds. The molecule has 0 aromatic heterocycles. The van der Waals surface area contributed by atoms with Gasteiger partial charge in [0.15, 0.2) is 0 Å². The second-order valence-corrected chi connectivity index (χ2v) is 4.97. The Morgan fingerprint density at radius 2 is 1.60 bits per heavy atom. The third-order valence-electron chi connectivity index (χ3n) is 3.59. The highest BCUT2D eigenvalue weighted by Crippen LogP contribution is 2.24. The van der Waals surface area contributed by atoms with Crippen LogP contribution in [-0.2, 0) is 4.79 Å². The summed E-state index contributed by atoms with van der Waals surface area (Å²) in [5, 5.41) is 0. The van der Waals surface area contributed by atoms with E-state index in [0.717, 1.165) is 12.8 Å². The van der Waals surface area contributed by atoms with Crippen LogP contribution in [0.4, 0.5) is 0 Å². The molecular weight excluding hydrogens is 184 g/mol. The van der Waals surface area contributed by atoms with Gasteiger partial charge < -0.3 is 0 Å². The van der Waals surface area contributed by atoms with Crippen molar-refractivity contribution in [2.75, 3.05) is 0 Å². The molecule has 0 atom stereocenters. The van der Waals surface area contributed by atoms with Crippen molar-refractivity contribution in [3.8, 4) is 0 Å². The van der Waals surface area contributed by atoms with Crippen molar-refractivity contribution in [3.05, 3.63) is 0 Å². The molecule has 0 heterocycles. The van der Waals surface area contributed by atoms with E-state index in [1.807, 2.05) is 0 Å². The van der Waals surface area contributed by atoms with E-state index in [0.29, 0.717) is 11.7 Å². The van der Waals surface area contributed by atoms with E-state index in [-0.39, 0.29) is 0 Å². The maximum absolute atomic E-state index is 11.9. The molecule has 0 aliphatic heterocycles. The first-order chi connectivity index (χ1) is 7.34. The Hall–Kier alpha value is -0.330. The Labute approximate surface area is 94.6 Å². The molecule has 0 aromatic rings. The van der Waals surface area contributed by atoms with Gasteiger partial charge >= 0.3 is 0 Å². The number of Topliss-reactive ketones (excluding diaryl/α,β-unsaturated/α-hetero) is 1. The Kier molecular flexibility index (Phi) is 6.71. The molecule has 0 radical (unpaired) electrons. The molecule has 1 aliphatic carbocycles. The van der Waals surface area contributed by atoms with E-state index in [9.17, 15) is 4.79 Å². The summed E-state index contributed by atoms with van der Waals surface area (Å²) in [7, 11) is 0. The van der Waals surface area contributed by atoms with Crippen molar-refractivity contribution in [1.29, 1.82) is 0 Å². The van der Waals surface area contributed by atoms with E-state index in [1.54, 1.807) is 0 Å². The predicted octanol–water partition coefficient (Wildman–Crippen LogP) is 4.50.